The third-order valence-corrected chi connectivity index (χ3v) is 3.33. The van der Waals surface area contributed by atoms with E-state index in [1.54, 1.807) is 12.1 Å². The molecule has 114 valence electrons. The van der Waals surface area contributed by atoms with Crippen molar-refractivity contribution in [2.45, 2.75) is 20.4 Å². The Bertz CT molecular complexity index is 646. The summed E-state index contributed by atoms with van der Waals surface area (Å²) in [6.45, 7) is 4.40. The van der Waals surface area contributed by atoms with Crippen molar-refractivity contribution in [3.63, 3.8) is 0 Å². The van der Waals surface area contributed by atoms with Gasteiger partial charge < -0.3 is 10.6 Å². The van der Waals surface area contributed by atoms with Crippen molar-refractivity contribution in [3.8, 4) is 0 Å². The summed E-state index contributed by atoms with van der Waals surface area (Å²) in [5, 5.41) is 5.39. The van der Waals surface area contributed by atoms with E-state index in [0.29, 0.717) is 12.1 Å². The quantitative estimate of drug-likeness (QED) is 0.890. The van der Waals surface area contributed by atoms with Crippen molar-refractivity contribution < 1.29 is 9.59 Å². The zero-order valence-electron chi connectivity index (χ0n) is 12.8. The molecule has 0 fully saturated rings. The Labute approximate surface area is 130 Å². The maximum absolute atomic E-state index is 11.9. The Morgan fingerprint density at radius 1 is 0.818 bits per heavy atom. The number of benzene rings is 2. The van der Waals surface area contributed by atoms with E-state index < -0.39 is 0 Å². The van der Waals surface area contributed by atoms with E-state index in [2.05, 4.69) is 10.6 Å². The zero-order valence-corrected chi connectivity index (χ0v) is 12.8. The first-order valence-electron chi connectivity index (χ1n) is 7.22. The lowest BCUT2D eigenvalue weighted by Crippen LogP contribution is -2.36. The third-order valence-electron chi connectivity index (χ3n) is 3.33. The van der Waals surface area contributed by atoms with Gasteiger partial charge in [0.25, 0.3) is 5.91 Å². The number of rotatable bonds is 5. The van der Waals surface area contributed by atoms with Crippen molar-refractivity contribution >= 4 is 11.8 Å². The Kier molecular flexibility index (Phi) is 5.31. The van der Waals surface area contributed by atoms with Crippen molar-refractivity contribution in [3.05, 3.63) is 70.8 Å². The van der Waals surface area contributed by atoms with Gasteiger partial charge in [-0.1, -0.05) is 47.5 Å². The van der Waals surface area contributed by atoms with Gasteiger partial charge in [0.05, 0.1) is 6.54 Å². The summed E-state index contributed by atoms with van der Waals surface area (Å²) in [5.41, 5.74) is 3.86. The van der Waals surface area contributed by atoms with Crippen molar-refractivity contribution in [1.29, 1.82) is 0 Å². The van der Waals surface area contributed by atoms with Crippen molar-refractivity contribution in [2.24, 2.45) is 0 Å². The van der Waals surface area contributed by atoms with Gasteiger partial charge in [-0.15, -0.1) is 0 Å². The first kappa shape index (κ1) is 15.8. The van der Waals surface area contributed by atoms with Crippen LogP contribution in [0.5, 0.6) is 0 Å². The number of hydrogen-bond donors (Lipinski definition) is 2. The Morgan fingerprint density at radius 3 is 1.95 bits per heavy atom. The molecule has 2 aromatic rings. The molecule has 4 heteroatoms. The maximum atomic E-state index is 11.9. The predicted molar refractivity (Wildman–Crippen MR) is 86.5 cm³/mol. The lowest BCUT2D eigenvalue weighted by Gasteiger charge is -2.07. The number of amides is 2. The highest BCUT2D eigenvalue weighted by molar-refractivity contribution is 5.96. The van der Waals surface area contributed by atoms with Crippen molar-refractivity contribution in [1.82, 2.24) is 10.6 Å². The highest BCUT2D eigenvalue weighted by atomic mass is 16.2. The van der Waals surface area contributed by atoms with Gasteiger partial charge in [0.1, 0.15) is 0 Å². The predicted octanol–water partition coefficient (Wildman–Crippen LogP) is 2.35. The molecule has 0 aromatic heterocycles. The molecular weight excluding hydrogens is 276 g/mol. The van der Waals surface area contributed by atoms with E-state index in [4.69, 9.17) is 0 Å². The van der Waals surface area contributed by atoms with E-state index in [9.17, 15) is 9.59 Å². The van der Waals surface area contributed by atoms with E-state index in [1.807, 2.05) is 50.2 Å². The molecule has 0 aliphatic rings. The summed E-state index contributed by atoms with van der Waals surface area (Å²) in [4.78, 5) is 23.6. The second kappa shape index (κ2) is 7.41. The van der Waals surface area contributed by atoms with Gasteiger partial charge in [-0.3, -0.25) is 9.59 Å². The van der Waals surface area contributed by atoms with E-state index >= 15 is 0 Å². The number of carbonyl (C=O) groups excluding carboxylic acids is 2. The smallest absolute Gasteiger partial charge is 0.251 e. The zero-order chi connectivity index (χ0) is 15.9. The molecule has 0 aliphatic carbocycles. The largest absolute Gasteiger partial charge is 0.350 e. The molecule has 0 saturated carbocycles. The molecule has 2 N–H and O–H groups in total. The average molecular weight is 296 g/mol. The number of nitrogens with one attached hydrogen (secondary N) is 2. The van der Waals surface area contributed by atoms with E-state index in [1.165, 1.54) is 5.56 Å². The maximum Gasteiger partial charge on any atom is 0.251 e. The van der Waals surface area contributed by atoms with Crippen LogP contribution in [0.25, 0.3) is 0 Å². The lowest BCUT2D eigenvalue weighted by molar-refractivity contribution is -0.120. The molecule has 2 rings (SSSR count). The number of carbonyl (C=O) groups is 2. The van der Waals surface area contributed by atoms with Gasteiger partial charge in [-0.2, -0.15) is 0 Å². The first-order chi connectivity index (χ1) is 10.5. The molecule has 22 heavy (non-hydrogen) atoms. The highest BCUT2D eigenvalue weighted by Gasteiger charge is 2.07. The van der Waals surface area contributed by atoms with Crippen LogP contribution in [0, 0.1) is 13.8 Å². The minimum absolute atomic E-state index is 0.0292. The Morgan fingerprint density at radius 2 is 1.36 bits per heavy atom. The third kappa shape index (κ3) is 4.74. The van der Waals surface area contributed by atoms with Gasteiger partial charge >= 0.3 is 0 Å². The van der Waals surface area contributed by atoms with Crippen LogP contribution in [0.1, 0.15) is 27.0 Å². The standard InChI is InChI=1S/C18H20N2O2/c1-13-3-7-15(8-4-13)11-19-17(21)12-20-18(22)16-9-5-14(2)6-10-16/h3-10H,11-12H2,1-2H3,(H,19,21)(H,20,22). The van der Waals surface area contributed by atoms with Crippen LogP contribution in [-0.2, 0) is 11.3 Å². The molecule has 2 aromatic carbocycles. The minimum Gasteiger partial charge on any atom is -0.350 e. The van der Waals surface area contributed by atoms with Crippen molar-refractivity contribution in [2.75, 3.05) is 6.54 Å². The number of aryl methyl sites for hydroxylation is 2. The average Bonchev–Trinajstić information content (AvgIpc) is 2.52. The van der Waals surface area contributed by atoms with Gasteiger partial charge in [-0.05, 0) is 31.5 Å². The molecule has 2 amide bonds. The van der Waals surface area contributed by atoms with Crippen LogP contribution in [0.15, 0.2) is 48.5 Å². The van der Waals surface area contributed by atoms with Crippen LogP contribution >= 0.6 is 0 Å². The van der Waals surface area contributed by atoms with E-state index in [-0.39, 0.29) is 18.4 Å². The summed E-state index contributed by atoms with van der Waals surface area (Å²) in [6, 6.07) is 15.2. The molecule has 0 heterocycles. The monoisotopic (exact) mass is 296 g/mol. The lowest BCUT2D eigenvalue weighted by atomic mass is 10.1. The Balaban J connectivity index is 1.76. The molecule has 0 spiro atoms. The number of hydrogen-bond acceptors (Lipinski definition) is 2. The summed E-state index contributed by atoms with van der Waals surface area (Å²) in [7, 11) is 0. The summed E-state index contributed by atoms with van der Waals surface area (Å²) in [5.74, 6) is -0.452. The van der Waals surface area contributed by atoms with Gasteiger partial charge in [0.2, 0.25) is 5.91 Å². The summed E-state index contributed by atoms with van der Waals surface area (Å²) in [6.07, 6.45) is 0. The molecule has 0 unspecified atom stereocenters. The fourth-order valence-corrected chi connectivity index (χ4v) is 1.94. The molecule has 0 saturated heterocycles. The second-order valence-electron chi connectivity index (χ2n) is 5.31. The van der Waals surface area contributed by atoms with Crippen LogP contribution < -0.4 is 10.6 Å². The molecule has 0 radical (unpaired) electrons. The summed E-state index contributed by atoms with van der Waals surface area (Å²) < 4.78 is 0. The highest BCUT2D eigenvalue weighted by Crippen LogP contribution is 2.03. The Hall–Kier alpha value is -2.62. The fraction of sp³-hybridized carbons (Fsp3) is 0.222. The fourth-order valence-electron chi connectivity index (χ4n) is 1.94. The molecular formula is C18H20N2O2. The summed E-state index contributed by atoms with van der Waals surface area (Å²) >= 11 is 0. The van der Waals surface area contributed by atoms with Gasteiger partial charge in [-0.25, -0.2) is 0 Å². The van der Waals surface area contributed by atoms with Gasteiger partial charge in [0, 0.05) is 12.1 Å². The first-order valence-corrected chi connectivity index (χ1v) is 7.22. The molecule has 0 atom stereocenters. The van der Waals surface area contributed by atoms with Crippen LogP contribution in [-0.4, -0.2) is 18.4 Å². The minimum atomic E-state index is -0.245. The van der Waals surface area contributed by atoms with Crippen LogP contribution in [0.4, 0.5) is 0 Å². The molecule has 0 aliphatic heterocycles. The molecule has 4 nitrogen and oxygen atoms in total. The van der Waals surface area contributed by atoms with Gasteiger partial charge in [0.15, 0.2) is 0 Å². The topological polar surface area (TPSA) is 58.2 Å². The molecule has 0 bridgehead atoms. The second-order valence-corrected chi connectivity index (χ2v) is 5.31. The normalized spacial score (nSPS) is 10.1. The van der Waals surface area contributed by atoms with Crippen LogP contribution in [0.2, 0.25) is 0 Å². The van der Waals surface area contributed by atoms with Crippen LogP contribution in [0.3, 0.4) is 0 Å². The SMILES string of the molecule is Cc1ccc(CNC(=O)CNC(=O)c2ccc(C)cc2)cc1. The van der Waals surface area contributed by atoms with E-state index in [0.717, 1.165) is 11.1 Å².